The first-order valence-corrected chi connectivity index (χ1v) is 6.57. The van der Waals surface area contributed by atoms with Gasteiger partial charge in [0.2, 0.25) is 5.91 Å². The molecule has 2 amide bonds. The van der Waals surface area contributed by atoms with Crippen LogP contribution in [0.1, 0.15) is 21.5 Å². The maximum Gasteiger partial charge on any atom is 0.255 e. The number of hydrogen-bond donors (Lipinski definition) is 3. The van der Waals surface area contributed by atoms with E-state index in [2.05, 4.69) is 10.6 Å². The molecule has 1 heterocycles. The summed E-state index contributed by atoms with van der Waals surface area (Å²) in [5, 5.41) is 15.1. The van der Waals surface area contributed by atoms with Crippen molar-refractivity contribution in [1.82, 2.24) is 0 Å². The fraction of sp³-hybridized carbons (Fsp3) is 0.125. The lowest BCUT2D eigenvalue weighted by atomic mass is 10.1. The quantitative estimate of drug-likeness (QED) is 0.791. The highest BCUT2D eigenvalue weighted by Crippen LogP contribution is 2.25. The second-order valence-corrected chi connectivity index (χ2v) is 5.05. The van der Waals surface area contributed by atoms with Crippen LogP contribution in [0, 0.1) is 6.92 Å². The molecule has 3 rings (SSSR count). The highest BCUT2D eigenvalue weighted by atomic mass is 16.3. The van der Waals surface area contributed by atoms with Crippen molar-refractivity contribution in [2.75, 3.05) is 10.6 Å². The number of rotatable bonds is 2. The van der Waals surface area contributed by atoms with Crippen molar-refractivity contribution in [3.63, 3.8) is 0 Å². The van der Waals surface area contributed by atoms with Crippen molar-refractivity contribution in [1.29, 1.82) is 0 Å². The minimum atomic E-state index is -0.290. The van der Waals surface area contributed by atoms with Gasteiger partial charge in [-0.1, -0.05) is 12.1 Å². The predicted octanol–water partition coefficient (Wildman–Crippen LogP) is 2.45. The first-order chi connectivity index (χ1) is 10.0. The Morgan fingerprint density at radius 3 is 2.81 bits per heavy atom. The Hall–Kier alpha value is -2.82. The number of aromatic hydroxyl groups is 1. The van der Waals surface area contributed by atoms with Gasteiger partial charge in [-0.2, -0.15) is 0 Å². The van der Waals surface area contributed by atoms with E-state index in [1.54, 1.807) is 37.3 Å². The van der Waals surface area contributed by atoms with E-state index < -0.39 is 0 Å². The number of nitrogens with one attached hydrogen (secondary N) is 2. The number of carbonyl (C=O) groups is 2. The number of benzene rings is 2. The molecule has 5 heteroatoms. The summed E-state index contributed by atoms with van der Waals surface area (Å²) in [6.07, 6.45) is 0.350. The molecule has 0 fully saturated rings. The van der Waals surface area contributed by atoms with E-state index >= 15 is 0 Å². The van der Waals surface area contributed by atoms with Crippen LogP contribution >= 0.6 is 0 Å². The summed E-state index contributed by atoms with van der Waals surface area (Å²) in [5.41, 5.74) is 3.29. The van der Waals surface area contributed by atoms with Crippen LogP contribution in [0.5, 0.6) is 5.75 Å². The Bertz CT molecular complexity index is 753. The van der Waals surface area contributed by atoms with E-state index in [0.29, 0.717) is 23.4 Å². The van der Waals surface area contributed by atoms with Crippen LogP contribution in [0.4, 0.5) is 11.4 Å². The fourth-order valence-electron chi connectivity index (χ4n) is 2.25. The highest BCUT2D eigenvalue weighted by molar-refractivity contribution is 6.07. The van der Waals surface area contributed by atoms with Gasteiger partial charge in [-0.05, 0) is 36.2 Å². The van der Waals surface area contributed by atoms with Crippen LogP contribution in [-0.4, -0.2) is 16.9 Å². The Labute approximate surface area is 121 Å². The minimum absolute atomic E-state index is 0.0639. The molecule has 0 spiro atoms. The summed E-state index contributed by atoms with van der Waals surface area (Å²) in [4.78, 5) is 23.5. The molecular weight excluding hydrogens is 268 g/mol. The minimum Gasteiger partial charge on any atom is -0.508 e. The normalized spacial score (nSPS) is 12.7. The van der Waals surface area contributed by atoms with Gasteiger partial charge in [0, 0.05) is 23.0 Å². The molecule has 21 heavy (non-hydrogen) atoms. The molecule has 0 bridgehead atoms. The van der Waals surface area contributed by atoms with Crippen molar-refractivity contribution in [2.45, 2.75) is 13.3 Å². The third-order valence-corrected chi connectivity index (χ3v) is 3.46. The van der Waals surface area contributed by atoms with Gasteiger partial charge in [-0.25, -0.2) is 0 Å². The van der Waals surface area contributed by atoms with Gasteiger partial charge in [0.05, 0.1) is 6.42 Å². The molecule has 0 radical (unpaired) electrons. The topological polar surface area (TPSA) is 78.4 Å². The number of amides is 2. The second-order valence-electron chi connectivity index (χ2n) is 5.05. The molecule has 5 nitrogen and oxygen atoms in total. The Morgan fingerprint density at radius 2 is 2.05 bits per heavy atom. The Morgan fingerprint density at radius 1 is 1.24 bits per heavy atom. The lowest BCUT2D eigenvalue weighted by Crippen LogP contribution is -2.12. The Kier molecular flexibility index (Phi) is 3.10. The number of hydrogen-bond acceptors (Lipinski definition) is 3. The molecule has 1 aliphatic heterocycles. The van der Waals surface area contributed by atoms with Crippen molar-refractivity contribution in [2.24, 2.45) is 0 Å². The predicted molar refractivity (Wildman–Crippen MR) is 79.6 cm³/mol. The number of carbonyl (C=O) groups excluding carboxylic acids is 2. The zero-order valence-electron chi connectivity index (χ0n) is 11.4. The maximum atomic E-state index is 12.2. The summed E-state index contributed by atoms with van der Waals surface area (Å²) in [5.74, 6) is -0.220. The fourth-order valence-corrected chi connectivity index (χ4v) is 2.25. The number of aryl methyl sites for hydroxylation is 1. The SMILES string of the molecule is Cc1ccc(NC(=O)c2ccc3c(c2)NC(=O)C3)cc1O. The zero-order chi connectivity index (χ0) is 15.0. The third kappa shape index (κ3) is 2.58. The lowest BCUT2D eigenvalue weighted by molar-refractivity contribution is -0.115. The van der Waals surface area contributed by atoms with Gasteiger partial charge in [-0.15, -0.1) is 0 Å². The molecule has 0 aromatic heterocycles. The zero-order valence-corrected chi connectivity index (χ0v) is 11.4. The van der Waals surface area contributed by atoms with Gasteiger partial charge in [0.15, 0.2) is 0 Å². The molecule has 106 valence electrons. The molecule has 0 saturated heterocycles. The van der Waals surface area contributed by atoms with Crippen LogP contribution in [0.25, 0.3) is 0 Å². The van der Waals surface area contributed by atoms with Crippen molar-refractivity contribution in [3.8, 4) is 5.75 Å². The Balaban J connectivity index is 1.81. The number of phenolic OH excluding ortho intramolecular Hbond substituents is 1. The molecular formula is C16H14N2O3. The van der Waals surface area contributed by atoms with Crippen LogP contribution in [-0.2, 0) is 11.2 Å². The lowest BCUT2D eigenvalue weighted by Gasteiger charge is -2.08. The second kappa shape index (κ2) is 4.94. The summed E-state index contributed by atoms with van der Waals surface area (Å²) in [6.45, 7) is 1.78. The number of phenols is 1. The smallest absolute Gasteiger partial charge is 0.255 e. The summed E-state index contributed by atoms with van der Waals surface area (Å²) >= 11 is 0. The third-order valence-electron chi connectivity index (χ3n) is 3.46. The van der Waals surface area contributed by atoms with Crippen LogP contribution in [0.2, 0.25) is 0 Å². The van der Waals surface area contributed by atoms with E-state index in [1.807, 2.05) is 0 Å². The molecule has 0 unspecified atom stereocenters. The molecule has 0 saturated carbocycles. The molecule has 2 aromatic carbocycles. The van der Waals surface area contributed by atoms with Crippen molar-refractivity contribution in [3.05, 3.63) is 53.1 Å². The standard InChI is InChI=1S/C16H14N2O3/c1-9-2-5-12(8-14(9)19)17-16(21)11-4-3-10-7-15(20)18-13(10)6-11/h2-6,8,19H,7H2,1H3,(H,17,21)(H,18,20). The first kappa shape index (κ1) is 13.2. The number of anilines is 2. The van der Waals surface area contributed by atoms with Gasteiger partial charge in [-0.3, -0.25) is 9.59 Å². The average Bonchev–Trinajstić information content (AvgIpc) is 2.82. The van der Waals surface area contributed by atoms with E-state index in [0.717, 1.165) is 11.1 Å². The molecule has 1 aliphatic rings. The van der Waals surface area contributed by atoms with Gasteiger partial charge in [0.25, 0.3) is 5.91 Å². The van der Waals surface area contributed by atoms with E-state index in [4.69, 9.17) is 0 Å². The van der Waals surface area contributed by atoms with E-state index in [9.17, 15) is 14.7 Å². The summed E-state index contributed by atoms with van der Waals surface area (Å²) in [6, 6.07) is 10.1. The van der Waals surface area contributed by atoms with Gasteiger partial charge in [0.1, 0.15) is 5.75 Å². The van der Waals surface area contributed by atoms with Crippen LogP contribution in [0.3, 0.4) is 0 Å². The molecule has 0 aliphatic carbocycles. The van der Waals surface area contributed by atoms with Gasteiger partial charge < -0.3 is 15.7 Å². The highest BCUT2D eigenvalue weighted by Gasteiger charge is 2.19. The largest absolute Gasteiger partial charge is 0.508 e. The van der Waals surface area contributed by atoms with Crippen LogP contribution in [0.15, 0.2) is 36.4 Å². The van der Waals surface area contributed by atoms with E-state index in [-0.39, 0.29) is 17.6 Å². The van der Waals surface area contributed by atoms with E-state index in [1.165, 1.54) is 6.07 Å². The first-order valence-electron chi connectivity index (χ1n) is 6.57. The molecule has 0 atom stereocenters. The molecule has 2 aromatic rings. The summed E-state index contributed by atoms with van der Waals surface area (Å²) < 4.78 is 0. The monoisotopic (exact) mass is 282 g/mol. The van der Waals surface area contributed by atoms with Crippen molar-refractivity contribution < 1.29 is 14.7 Å². The average molecular weight is 282 g/mol. The summed E-state index contributed by atoms with van der Waals surface area (Å²) in [7, 11) is 0. The van der Waals surface area contributed by atoms with Crippen molar-refractivity contribution >= 4 is 23.2 Å². The van der Waals surface area contributed by atoms with Gasteiger partial charge >= 0.3 is 0 Å². The molecule has 3 N–H and O–H groups in total. The number of fused-ring (bicyclic) bond motifs is 1. The van der Waals surface area contributed by atoms with Crippen LogP contribution < -0.4 is 10.6 Å². The maximum absolute atomic E-state index is 12.2.